The quantitative estimate of drug-likeness (QED) is 0.293. The molecule has 0 fully saturated rings. The van der Waals surface area contributed by atoms with Gasteiger partial charge in [0.05, 0.1) is 0 Å². The third kappa shape index (κ3) is 2.83. The second-order valence-corrected chi connectivity index (χ2v) is 4.18. The van der Waals surface area contributed by atoms with Crippen molar-refractivity contribution in [1.82, 2.24) is 0 Å². The molecule has 3 heteroatoms. The molecule has 0 radical (unpaired) electrons. The SMILES string of the molecule is CC(C)(C)/[N+]([O-])=C/c1ccc(F)cc1. The largest absolute Gasteiger partial charge is 0.623 e. The topological polar surface area (TPSA) is 26.1 Å². The third-order valence-corrected chi connectivity index (χ3v) is 1.80. The molecular formula is C11H14FNO. The number of hydrogen-bond acceptors (Lipinski definition) is 1. The predicted octanol–water partition coefficient (Wildman–Crippen LogP) is 2.55. The van der Waals surface area contributed by atoms with Gasteiger partial charge in [-0.15, -0.1) is 0 Å². The second kappa shape index (κ2) is 3.78. The van der Waals surface area contributed by atoms with Crippen LogP contribution in [-0.2, 0) is 0 Å². The van der Waals surface area contributed by atoms with Gasteiger partial charge in [0, 0.05) is 26.3 Å². The fraction of sp³-hybridized carbons (Fsp3) is 0.364. The summed E-state index contributed by atoms with van der Waals surface area (Å²) in [5.74, 6) is -0.296. The van der Waals surface area contributed by atoms with E-state index in [1.54, 1.807) is 12.1 Å². The zero-order valence-electron chi connectivity index (χ0n) is 8.62. The molecule has 14 heavy (non-hydrogen) atoms. The van der Waals surface area contributed by atoms with Crippen LogP contribution in [0.25, 0.3) is 0 Å². The molecular weight excluding hydrogens is 181 g/mol. The normalized spacial score (nSPS) is 13.0. The Hall–Kier alpha value is -1.38. The van der Waals surface area contributed by atoms with E-state index < -0.39 is 5.54 Å². The molecule has 0 saturated heterocycles. The average molecular weight is 195 g/mol. The molecule has 0 saturated carbocycles. The Morgan fingerprint density at radius 2 is 1.71 bits per heavy atom. The van der Waals surface area contributed by atoms with Crippen LogP contribution in [0.2, 0.25) is 0 Å². The molecule has 0 aliphatic rings. The summed E-state index contributed by atoms with van der Waals surface area (Å²) < 4.78 is 13.4. The molecule has 0 aliphatic carbocycles. The zero-order valence-corrected chi connectivity index (χ0v) is 8.62. The molecule has 0 amide bonds. The highest BCUT2D eigenvalue weighted by Crippen LogP contribution is 2.06. The van der Waals surface area contributed by atoms with Crippen molar-refractivity contribution in [2.75, 3.05) is 0 Å². The first-order valence-electron chi connectivity index (χ1n) is 4.46. The summed E-state index contributed by atoms with van der Waals surface area (Å²) in [4.78, 5) is 0. The van der Waals surface area contributed by atoms with Gasteiger partial charge < -0.3 is 5.21 Å². The van der Waals surface area contributed by atoms with Crippen molar-refractivity contribution >= 4 is 6.21 Å². The van der Waals surface area contributed by atoms with Crippen LogP contribution in [0.3, 0.4) is 0 Å². The van der Waals surface area contributed by atoms with Gasteiger partial charge in [-0.2, -0.15) is 0 Å². The molecule has 1 aromatic carbocycles. The van der Waals surface area contributed by atoms with Gasteiger partial charge in [0.1, 0.15) is 5.82 Å². The molecule has 0 spiro atoms. The summed E-state index contributed by atoms with van der Waals surface area (Å²) in [5, 5.41) is 11.5. The number of benzene rings is 1. The first-order chi connectivity index (χ1) is 6.39. The van der Waals surface area contributed by atoms with Crippen molar-refractivity contribution in [3.8, 4) is 0 Å². The zero-order chi connectivity index (χ0) is 10.8. The van der Waals surface area contributed by atoms with E-state index in [2.05, 4.69) is 0 Å². The van der Waals surface area contributed by atoms with Gasteiger partial charge in [0.2, 0.25) is 0 Å². The minimum Gasteiger partial charge on any atom is -0.623 e. The van der Waals surface area contributed by atoms with Gasteiger partial charge >= 0.3 is 0 Å². The summed E-state index contributed by atoms with van der Waals surface area (Å²) in [6.07, 6.45) is 1.46. The lowest BCUT2D eigenvalue weighted by molar-refractivity contribution is -0.530. The fourth-order valence-corrected chi connectivity index (χ4v) is 0.878. The summed E-state index contributed by atoms with van der Waals surface area (Å²) in [6, 6.07) is 5.82. The van der Waals surface area contributed by atoms with Gasteiger partial charge in [0.25, 0.3) is 0 Å². The maximum atomic E-state index is 12.6. The molecule has 1 rings (SSSR count). The summed E-state index contributed by atoms with van der Waals surface area (Å²) >= 11 is 0. The van der Waals surface area contributed by atoms with E-state index in [1.807, 2.05) is 20.8 Å². The standard InChI is InChI=1S/C11H14FNO/c1-11(2,3)13(14)8-9-4-6-10(12)7-5-9/h4-8H,1-3H3/b13-8-. The van der Waals surface area contributed by atoms with Gasteiger partial charge in [-0.1, -0.05) is 0 Å². The molecule has 0 atom stereocenters. The number of halogens is 1. The monoisotopic (exact) mass is 195 g/mol. The van der Waals surface area contributed by atoms with Crippen LogP contribution in [-0.4, -0.2) is 16.5 Å². The molecule has 0 N–H and O–H groups in total. The maximum absolute atomic E-state index is 12.6. The Balaban J connectivity index is 2.93. The minimum atomic E-state index is -0.464. The lowest BCUT2D eigenvalue weighted by atomic mass is 10.1. The van der Waals surface area contributed by atoms with Crippen LogP contribution >= 0.6 is 0 Å². The van der Waals surface area contributed by atoms with Crippen molar-refractivity contribution in [3.63, 3.8) is 0 Å². The maximum Gasteiger partial charge on any atom is 0.182 e. The van der Waals surface area contributed by atoms with E-state index >= 15 is 0 Å². The molecule has 0 heterocycles. The molecule has 1 aromatic rings. The Morgan fingerprint density at radius 3 is 2.14 bits per heavy atom. The van der Waals surface area contributed by atoms with Crippen LogP contribution in [0.4, 0.5) is 4.39 Å². The Morgan fingerprint density at radius 1 is 1.21 bits per heavy atom. The highest BCUT2D eigenvalue weighted by molar-refractivity contribution is 5.75. The summed E-state index contributed by atoms with van der Waals surface area (Å²) in [6.45, 7) is 5.46. The van der Waals surface area contributed by atoms with Crippen molar-refractivity contribution in [3.05, 3.63) is 40.9 Å². The highest BCUT2D eigenvalue weighted by Gasteiger charge is 2.17. The second-order valence-electron chi connectivity index (χ2n) is 4.18. The van der Waals surface area contributed by atoms with Crippen molar-refractivity contribution in [1.29, 1.82) is 0 Å². The summed E-state index contributed by atoms with van der Waals surface area (Å²) in [7, 11) is 0. The first-order valence-corrected chi connectivity index (χ1v) is 4.46. The van der Waals surface area contributed by atoms with Crippen LogP contribution in [0, 0.1) is 11.0 Å². The number of nitrogens with zero attached hydrogens (tertiary/aromatic N) is 1. The van der Waals surface area contributed by atoms with Crippen LogP contribution in [0.15, 0.2) is 24.3 Å². The van der Waals surface area contributed by atoms with Gasteiger partial charge in [-0.3, -0.25) is 0 Å². The molecule has 0 aliphatic heterocycles. The van der Waals surface area contributed by atoms with Crippen LogP contribution < -0.4 is 0 Å². The average Bonchev–Trinajstić information content (AvgIpc) is 2.07. The van der Waals surface area contributed by atoms with Gasteiger partial charge in [-0.25, -0.2) is 9.13 Å². The Labute approximate surface area is 83.3 Å². The number of hydrogen-bond donors (Lipinski definition) is 0. The third-order valence-electron chi connectivity index (χ3n) is 1.80. The van der Waals surface area contributed by atoms with E-state index in [9.17, 15) is 9.60 Å². The lowest BCUT2D eigenvalue weighted by Crippen LogP contribution is -2.29. The van der Waals surface area contributed by atoms with Crippen LogP contribution in [0.1, 0.15) is 26.3 Å². The van der Waals surface area contributed by atoms with E-state index in [4.69, 9.17) is 0 Å². The lowest BCUT2D eigenvalue weighted by Gasteiger charge is -2.18. The Bertz CT molecular complexity index is 335. The molecule has 76 valence electrons. The highest BCUT2D eigenvalue weighted by atomic mass is 19.1. The van der Waals surface area contributed by atoms with E-state index in [-0.39, 0.29) is 5.82 Å². The van der Waals surface area contributed by atoms with Crippen molar-refractivity contribution < 1.29 is 9.13 Å². The smallest absolute Gasteiger partial charge is 0.182 e. The van der Waals surface area contributed by atoms with Gasteiger partial charge in [0.15, 0.2) is 11.8 Å². The molecule has 0 bridgehead atoms. The molecule has 2 nitrogen and oxygen atoms in total. The fourth-order valence-electron chi connectivity index (χ4n) is 0.878. The minimum absolute atomic E-state index is 0.296. The molecule has 0 unspecified atom stereocenters. The van der Waals surface area contributed by atoms with E-state index in [0.29, 0.717) is 5.56 Å². The predicted molar refractivity (Wildman–Crippen MR) is 54.9 cm³/mol. The number of hydroxylamine groups is 1. The summed E-state index contributed by atoms with van der Waals surface area (Å²) in [5.41, 5.74) is 0.241. The van der Waals surface area contributed by atoms with Gasteiger partial charge in [-0.05, 0) is 24.3 Å². The van der Waals surface area contributed by atoms with E-state index in [1.165, 1.54) is 18.3 Å². The van der Waals surface area contributed by atoms with Crippen LogP contribution in [0.5, 0.6) is 0 Å². The van der Waals surface area contributed by atoms with E-state index in [0.717, 1.165) is 4.74 Å². The van der Waals surface area contributed by atoms with Crippen molar-refractivity contribution in [2.45, 2.75) is 26.3 Å². The number of rotatable bonds is 1. The first kappa shape index (κ1) is 10.7. The van der Waals surface area contributed by atoms with Crippen molar-refractivity contribution in [2.24, 2.45) is 0 Å². The Kier molecular flexibility index (Phi) is 2.89. The molecule has 0 aromatic heterocycles.